The molecule has 0 aromatic heterocycles. The summed E-state index contributed by atoms with van der Waals surface area (Å²) in [7, 11) is 0. The molecule has 1 fully saturated rings. The normalized spacial score (nSPS) is 16.9. The number of imide groups is 2. The third-order valence-corrected chi connectivity index (χ3v) is 3.11. The van der Waals surface area contributed by atoms with Gasteiger partial charge in [-0.05, 0) is 19.3 Å². The van der Waals surface area contributed by atoms with Gasteiger partial charge >= 0.3 is 17.8 Å². The molecule has 7 heteroatoms. The second-order valence-electron chi connectivity index (χ2n) is 5.74. The van der Waals surface area contributed by atoms with Crippen molar-refractivity contribution in [1.29, 1.82) is 0 Å². The van der Waals surface area contributed by atoms with Crippen LogP contribution in [0.5, 0.6) is 0 Å². The van der Waals surface area contributed by atoms with Crippen molar-refractivity contribution in [2.75, 3.05) is 13.1 Å². The highest BCUT2D eigenvalue weighted by Crippen LogP contribution is 2.13. The standard InChI is InChI=1S/C14H23N3O4/c1-5-6-10(4)15-11(18)8-17-13(20)12(19)16(14(17)21)7-9(2)3/h9-10H,5-8H2,1-4H3,(H,15,18). The summed E-state index contributed by atoms with van der Waals surface area (Å²) in [5.41, 5.74) is 0. The predicted octanol–water partition coefficient (Wildman–Crippen LogP) is 0.738. The highest BCUT2D eigenvalue weighted by atomic mass is 16.2. The van der Waals surface area contributed by atoms with Crippen LogP contribution in [0.4, 0.5) is 4.79 Å². The molecule has 1 aliphatic heterocycles. The number of nitrogens with one attached hydrogen (secondary N) is 1. The molecule has 118 valence electrons. The average molecular weight is 297 g/mol. The Morgan fingerprint density at radius 2 is 1.67 bits per heavy atom. The van der Waals surface area contributed by atoms with Gasteiger partial charge in [0.2, 0.25) is 5.91 Å². The van der Waals surface area contributed by atoms with E-state index in [1.54, 1.807) is 0 Å². The second-order valence-corrected chi connectivity index (χ2v) is 5.74. The molecule has 7 nitrogen and oxygen atoms in total. The van der Waals surface area contributed by atoms with E-state index >= 15 is 0 Å². The topological polar surface area (TPSA) is 86.8 Å². The average Bonchev–Trinajstić information content (AvgIpc) is 2.56. The fraction of sp³-hybridized carbons (Fsp3) is 0.714. The zero-order valence-electron chi connectivity index (χ0n) is 13.0. The van der Waals surface area contributed by atoms with Gasteiger partial charge in [0.1, 0.15) is 6.54 Å². The molecule has 0 aromatic rings. The maximum Gasteiger partial charge on any atom is 0.334 e. The molecular formula is C14H23N3O4. The van der Waals surface area contributed by atoms with Crippen LogP contribution in [-0.4, -0.2) is 52.7 Å². The van der Waals surface area contributed by atoms with E-state index in [1.165, 1.54) is 0 Å². The van der Waals surface area contributed by atoms with Gasteiger partial charge in [-0.25, -0.2) is 9.69 Å². The zero-order valence-corrected chi connectivity index (χ0v) is 13.0. The summed E-state index contributed by atoms with van der Waals surface area (Å²) in [6, 6.07) is -0.741. The van der Waals surface area contributed by atoms with Crippen LogP contribution >= 0.6 is 0 Å². The van der Waals surface area contributed by atoms with Crippen molar-refractivity contribution in [2.24, 2.45) is 5.92 Å². The first-order valence-electron chi connectivity index (χ1n) is 7.24. The SMILES string of the molecule is CCCC(C)NC(=O)CN1C(=O)C(=O)N(CC(C)C)C1=O. The van der Waals surface area contributed by atoms with E-state index in [2.05, 4.69) is 5.32 Å². The van der Waals surface area contributed by atoms with Gasteiger partial charge < -0.3 is 5.32 Å². The largest absolute Gasteiger partial charge is 0.352 e. The summed E-state index contributed by atoms with van der Waals surface area (Å²) < 4.78 is 0. The van der Waals surface area contributed by atoms with Crippen molar-refractivity contribution in [3.63, 3.8) is 0 Å². The van der Waals surface area contributed by atoms with Crippen molar-refractivity contribution < 1.29 is 19.2 Å². The van der Waals surface area contributed by atoms with Crippen LogP contribution in [0.25, 0.3) is 0 Å². The molecular weight excluding hydrogens is 274 g/mol. The minimum absolute atomic E-state index is 0.0298. The predicted molar refractivity (Wildman–Crippen MR) is 76.2 cm³/mol. The number of nitrogens with zero attached hydrogens (tertiary/aromatic N) is 2. The molecule has 1 atom stereocenters. The van der Waals surface area contributed by atoms with Gasteiger partial charge in [-0.3, -0.25) is 19.3 Å². The lowest BCUT2D eigenvalue weighted by Gasteiger charge is -2.18. The molecule has 0 bridgehead atoms. The van der Waals surface area contributed by atoms with Crippen LogP contribution in [0.2, 0.25) is 0 Å². The highest BCUT2D eigenvalue weighted by Gasteiger charge is 2.45. The van der Waals surface area contributed by atoms with Gasteiger partial charge in [-0.1, -0.05) is 27.2 Å². The molecule has 0 spiro atoms. The molecule has 5 amide bonds. The van der Waals surface area contributed by atoms with Crippen molar-refractivity contribution in [3.05, 3.63) is 0 Å². The van der Waals surface area contributed by atoms with Crippen molar-refractivity contribution >= 4 is 23.8 Å². The Balaban J connectivity index is 2.67. The lowest BCUT2D eigenvalue weighted by molar-refractivity contribution is -0.144. The first-order chi connectivity index (χ1) is 9.77. The molecule has 1 saturated heterocycles. The summed E-state index contributed by atoms with van der Waals surface area (Å²) in [5, 5.41) is 2.70. The number of carbonyl (C=O) groups excluding carboxylic acids is 4. The molecule has 0 aliphatic carbocycles. The lowest BCUT2D eigenvalue weighted by atomic mass is 10.2. The smallest absolute Gasteiger partial charge is 0.334 e. The molecule has 1 rings (SSSR count). The Bertz CT molecular complexity index is 448. The maximum absolute atomic E-state index is 12.0. The van der Waals surface area contributed by atoms with Gasteiger partial charge in [0, 0.05) is 12.6 Å². The number of carbonyl (C=O) groups is 4. The third kappa shape index (κ3) is 4.27. The summed E-state index contributed by atoms with van der Waals surface area (Å²) in [6.07, 6.45) is 1.73. The third-order valence-electron chi connectivity index (χ3n) is 3.11. The monoisotopic (exact) mass is 297 g/mol. The number of hydrogen-bond acceptors (Lipinski definition) is 4. The Kier molecular flexibility index (Phi) is 5.87. The molecule has 0 saturated carbocycles. The van der Waals surface area contributed by atoms with Crippen LogP contribution in [0.15, 0.2) is 0 Å². The quantitative estimate of drug-likeness (QED) is 0.554. The number of rotatable bonds is 7. The van der Waals surface area contributed by atoms with E-state index in [9.17, 15) is 19.2 Å². The highest BCUT2D eigenvalue weighted by molar-refractivity contribution is 6.45. The van der Waals surface area contributed by atoms with E-state index in [4.69, 9.17) is 0 Å². The summed E-state index contributed by atoms with van der Waals surface area (Å²) in [6.45, 7) is 7.30. The second kappa shape index (κ2) is 7.19. The molecule has 1 N–H and O–H groups in total. The number of hydrogen-bond donors (Lipinski definition) is 1. The summed E-state index contributed by atoms with van der Waals surface area (Å²) in [4.78, 5) is 49.0. The van der Waals surface area contributed by atoms with E-state index in [-0.39, 0.29) is 18.5 Å². The molecule has 0 radical (unpaired) electrons. The van der Waals surface area contributed by atoms with E-state index in [0.29, 0.717) is 4.90 Å². The molecule has 21 heavy (non-hydrogen) atoms. The fourth-order valence-corrected chi connectivity index (χ4v) is 2.19. The molecule has 1 unspecified atom stereocenters. The number of urea groups is 1. The van der Waals surface area contributed by atoms with Crippen molar-refractivity contribution in [1.82, 2.24) is 15.1 Å². The minimum Gasteiger partial charge on any atom is -0.352 e. The van der Waals surface area contributed by atoms with E-state index < -0.39 is 30.3 Å². The van der Waals surface area contributed by atoms with Crippen molar-refractivity contribution in [3.8, 4) is 0 Å². The van der Waals surface area contributed by atoms with Crippen molar-refractivity contribution in [2.45, 2.75) is 46.6 Å². The van der Waals surface area contributed by atoms with Crippen LogP contribution in [-0.2, 0) is 14.4 Å². The van der Waals surface area contributed by atoms with E-state index in [0.717, 1.165) is 17.7 Å². The number of amides is 5. The summed E-state index contributed by atoms with van der Waals surface area (Å²) >= 11 is 0. The van der Waals surface area contributed by atoms with Crippen LogP contribution in [0.1, 0.15) is 40.5 Å². The molecule has 1 heterocycles. The zero-order chi connectivity index (χ0) is 16.2. The maximum atomic E-state index is 12.0. The molecule has 1 aliphatic rings. The van der Waals surface area contributed by atoms with Crippen LogP contribution in [0.3, 0.4) is 0 Å². The fourth-order valence-electron chi connectivity index (χ4n) is 2.19. The first kappa shape index (κ1) is 17.1. The van der Waals surface area contributed by atoms with Gasteiger partial charge in [0.25, 0.3) is 0 Å². The molecule has 0 aromatic carbocycles. The van der Waals surface area contributed by atoms with Gasteiger partial charge in [0.15, 0.2) is 0 Å². The van der Waals surface area contributed by atoms with Gasteiger partial charge in [-0.2, -0.15) is 0 Å². The summed E-state index contributed by atoms with van der Waals surface area (Å²) in [5.74, 6) is -2.16. The minimum atomic E-state index is -0.932. The van der Waals surface area contributed by atoms with Crippen LogP contribution < -0.4 is 5.32 Å². The lowest BCUT2D eigenvalue weighted by Crippen LogP contribution is -2.44. The Labute approximate surface area is 124 Å². The van der Waals surface area contributed by atoms with Crippen LogP contribution in [0, 0.1) is 5.92 Å². The van der Waals surface area contributed by atoms with Gasteiger partial charge in [0.05, 0.1) is 0 Å². The van der Waals surface area contributed by atoms with Gasteiger partial charge in [-0.15, -0.1) is 0 Å². The van der Waals surface area contributed by atoms with E-state index in [1.807, 2.05) is 27.7 Å². The Morgan fingerprint density at radius 1 is 1.10 bits per heavy atom. The Morgan fingerprint density at radius 3 is 2.19 bits per heavy atom. The Hall–Kier alpha value is -1.92. The first-order valence-corrected chi connectivity index (χ1v) is 7.24.